The predicted molar refractivity (Wildman–Crippen MR) is 155 cm³/mol. The van der Waals surface area contributed by atoms with E-state index in [0.717, 1.165) is 42.9 Å². The van der Waals surface area contributed by atoms with Gasteiger partial charge in [-0.3, -0.25) is 19.3 Å². The first kappa shape index (κ1) is 25.7. The lowest BCUT2D eigenvalue weighted by Gasteiger charge is -2.44. The summed E-state index contributed by atoms with van der Waals surface area (Å²) in [4.78, 5) is 42.5. The van der Waals surface area contributed by atoms with Gasteiger partial charge in [-0.05, 0) is 86.5 Å². The number of aromatic nitrogens is 3. The van der Waals surface area contributed by atoms with E-state index in [2.05, 4.69) is 32.8 Å². The number of anilines is 2. The molecule has 4 aromatic rings. The molecule has 210 valence electrons. The minimum Gasteiger partial charge on any atom is -0.489 e. The SMILES string of the molecule is CONC(=O)c1cn(-c2ccc3c(c2)CCC3)c2nc(Nc3cccc(OC4CN5CCC4CC5)c3)ncc2c1=O. The Morgan fingerprint density at radius 2 is 1.93 bits per heavy atom. The number of carbonyl (C=O) groups excluding carboxylic acids is 1. The van der Waals surface area contributed by atoms with E-state index in [4.69, 9.17) is 14.6 Å². The number of hydrogen-bond donors (Lipinski definition) is 2. The lowest BCUT2D eigenvalue weighted by molar-refractivity contribution is -0.00772. The molecule has 1 aliphatic carbocycles. The van der Waals surface area contributed by atoms with Gasteiger partial charge in [-0.15, -0.1) is 0 Å². The van der Waals surface area contributed by atoms with E-state index in [1.807, 2.05) is 30.3 Å². The maximum atomic E-state index is 13.3. The maximum Gasteiger partial charge on any atom is 0.280 e. The van der Waals surface area contributed by atoms with Crippen molar-refractivity contribution in [1.29, 1.82) is 0 Å². The van der Waals surface area contributed by atoms with Crippen molar-refractivity contribution in [1.82, 2.24) is 24.9 Å². The molecular weight excluding hydrogens is 520 g/mol. The fourth-order valence-electron chi connectivity index (χ4n) is 6.38. The Labute approximate surface area is 237 Å². The van der Waals surface area contributed by atoms with E-state index in [1.165, 1.54) is 56.6 Å². The summed E-state index contributed by atoms with van der Waals surface area (Å²) in [6.45, 7) is 3.31. The second kappa shape index (κ2) is 10.6. The van der Waals surface area contributed by atoms with Crippen molar-refractivity contribution in [3.05, 3.63) is 81.8 Å². The summed E-state index contributed by atoms with van der Waals surface area (Å²) in [5.41, 5.74) is 6.33. The number of nitrogens with zero attached hydrogens (tertiary/aromatic N) is 4. The van der Waals surface area contributed by atoms with Crippen molar-refractivity contribution >= 4 is 28.6 Å². The van der Waals surface area contributed by atoms with Crippen LogP contribution in [0.5, 0.6) is 5.75 Å². The first-order valence-electron chi connectivity index (χ1n) is 14.2. The molecule has 2 N–H and O–H groups in total. The van der Waals surface area contributed by atoms with Gasteiger partial charge in [0.15, 0.2) is 5.65 Å². The molecular formula is C31H32N6O4. The number of piperidine rings is 3. The number of fused-ring (bicyclic) bond motifs is 5. The number of amides is 1. The molecule has 10 heteroatoms. The lowest BCUT2D eigenvalue weighted by Crippen LogP contribution is -2.52. The number of nitrogens with one attached hydrogen (secondary N) is 2. The molecule has 5 heterocycles. The molecule has 41 heavy (non-hydrogen) atoms. The van der Waals surface area contributed by atoms with Crippen LogP contribution in [0, 0.1) is 5.92 Å². The van der Waals surface area contributed by atoms with E-state index in [1.54, 1.807) is 4.57 Å². The highest BCUT2D eigenvalue weighted by Gasteiger charge is 2.35. The van der Waals surface area contributed by atoms with Gasteiger partial charge >= 0.3 is 0 Å². The Kier molecular flexibility index (Phi) is 6.64. The van der Waals surface area contributed by atoms with Crippen LogP contribution in [0.25, 0.3) is 16.7 Å². The molecule has 0 saturated carbocycles. The first-order valence-corrected chi connectivity index (χ1v) is 14.2. The van der Waals surface area contributed by atoms with Crippen LogP contribution in [-0.4, -0.2) is 58.2 Å². The van der Waals surface area contributed by atoms with E-state index in [-0.39, 0.29) is 17.1 Å². The minimum absolute atomic E-state index is 0.0539. The Bertz CT molecular complexity index is 1690. The van der Waals surface area contributed by atoms with Gasteiger partial charge < -0.3 is 14.6 Å². The van der Waals surface area contributed by atoms with Crippen molar-refractivity contribution in [2.24, 2.45) is 5.92 Å². The fraction of sp³-hybridized carbons (Fsp3) is 0.355. The third-order valence-electron chi connectivity index (χ3n) is 8.52. The van der Waals surface area contributed by atoms with Gasteiger partial charge in [0.2, 0.25) is 11.4 Å². The smallest absolute Gasteiger partial charge is 0.280 e. The standard InChI is InChI=1S/C31H32N6O4/c1-40-35-30(39)26-17-37(23-9-8-19-4-2-5-21(19)14-23)29-25(28(26)38)16-32-31(34-29)33-22-6-3-7-24(15-22)41-27-18-36-12-10-20(27)11-13-36/h3,6-9,14-17,20,27H,2,4-5,10-13,18H2,1H3,(H,35,39)(H,32,33,34). The van der Waals surface area contributed by atoms with Crippen LogP contribution in [0.3, 0.4) is 0 Å². The Morgan fingerprint density at radius 3 is 2.73 bits per heavy atom. The third kappa shape index (κ3) is 4.93. The lowest BCUT2D eigenvalue weighted by atomic mass is 9.86. The molecule has 0 radical (unpaired) electrons. The number of benzene rings is 2. The number of hydrogen-bond acceptors (Lipinski definition) is 8. The number of hydroxylamine groups is 1. The number of carbonyl (C=O) groups is 1. The Balaban J connectivity index is 1.23. The zero-order valence-corrected chi connectivity index (χ0v) is 22.9. The van der Waals surface area contributed by atoms with Crippen LogP contribution in [-0.2, 0) is 17.7 Å². The molecule has 3 fully saturated rings. The molecule has 1 unspecified atom stereocenters. The molecule has 8 rings (SSSR count). The summed E-state index contributed by atoms with van der Waals surface area (Å²) in [5.74, 6) is 1.11. The molecule has 2 aromatic carbocycles. The van der Waals surface area contributed by atoms with E-state index in [0.29, 0.717) is 17.5 Å². The summed E-state index contributed by atoms with van der Waals surface area (Å²) in [6.07, 6.45) is 8.74. The van der Waals surface area contributed by atoms with Crippen LogP contribution in [0.15, 0.2) is 59.7 Å². The fourth-order valence-corrected chi connectivity index (χ4v) is 6.38. The van der Waals surface area contributed by atoms with Gasteiger partial charge in [-0.25, -0.2) is 10.5 Å². The van der Waals surface area contributed by atoms with E-state index >= 15 is 0 Å². The van der Waals surface area contributed by atoms with Crippen LogP contribution in [0.4, 0.5) is 11.6 Å². The molecule has 4 aliphatic rings. The first-order chi connectivity index (χ1) is 20.1. The topological polar surface area (TPSA) is 111 Å². The maximum absolute atomic E-state index is 13.3. The van der Waals surface area contributed by atoms with Gasteiger partial charge in [-0.2, -0.15) is 4.98 Å². The molecule has 0 spiro atoms. The van der Waals surface area contributed by atoms with Crippen molar-refractivity contribution in [3.63, 3.8) is 0 Å². The molecule has 10 nitrogen and oxygen atoms in total. The normalized spacial score (nSPS) is 21.0. The molecule has 2 aromatic heterocycles. The highest BCUT2D eigenvalue weighted by Crippen LogP contribution is 2.32. The van der Waals surface area contributed by atoms with Crippen molar-refractivity contribution < 1.29 is 14.4 Å². The van der Waals surface area contributed by atoms with E-state index < -0.39 is 11.3 Å². The highest BCUT2D eigenvalue weighted by atomic mass is 16.6. The van der Waals surface area contributed by atoms with Gasteiger partial charge in [0.1, 0.15) is 17.4 Å². The summed E-state index contributed by atoms with van der Waals surface area (Å²) >= 11 is 0. The number of aryl methyl sites for hydroxylation is 2. The number of pyridine rings is 1. The molecule has 3 saturated heterocycles. The number of rotatable bonds is 7. The van der Waals surface area contributed by atoms with Crippen molar-refractivity contribution in [2.45, 2.75) is 38.2 Å². The second-order valence-corrected chi connectivity index (χ2v) is 11.1. The molecule has 1 amide bonds. The van der Waals surface area contributed by atoms with Gasteiger partial charge in [0.25, 0.3) is 5.91 Å². The van der Waals surface area contributed by atoms with Crippen LogP contribution < -0.4 is 21.0 Å². The average molecular weight is 553 g/mol. The Morgan fingerprint density at radius 1 is 1.07 bits per heavy atom. The van der Waals surface area contributed by atoms with Gasteiger partial charge in [0, 0.05) is 36.4 Å². The summed E-state index contributed by atoms with van der Waals surface area (Å²) in [6, 6.07) is 14.0. The molecule has 3 aliphatic heterocycles. The van der Waals surface area contributed by atoms with Crippen LogP contribution >= 0.6 is 0 Å². The molecule has 1 atom stereocenters. The Hall–Kier alpha value is -4.28. The predicted octanol–water partition coefficient (Wildman–Crippen LogP) is 3.78. The highest BCUT2D eigenvalue weighted by molar-refractivity contribution is 5.96. The number of ether oxygens (including phenoxy) is 1. The van der Waals surface area contributed by atoms with Crippen molar-refractivity contribution in [2.75, 3.05) is 32.1 Å². The van der Waals surface area contributed by atoms with Crippen molar-refractivity contribution in [3.8, 4) is 11.4 Å². The minimum atomic E-state index is -0.628. The summed E-state index contributed by atoms with van der Waals surface area (Å²) in [5, 5.41) is 3.51. The third-order valence-corrected chi connectivity index (χ3v) is 8.52. The summed E-state index contributed by atoms with van der Waals surface area (Å²) in [7, 11) is 1.33. The quantitative estimate of drug-likeness (QED) is 0.334. The second-order valence-electron chi connectivity index (χ2n) is 11.1. The average Bonchev–Trinajstić information content (AvgIpc) is 3.46. The van der Waals surface area contributed by atoms with E-state index in [9.17, 15) is 9.59 Å². The van der Waals surface area contributed by atoms with Crippen LogP contribution in [0.1, 0.15) is 40.7 Å². The van der Waals surface area contributed by atoms with Crippen LogP contribution in [0.2, 0.25) is 0 Å². The zero-order valence-electron chi connectivity index (χ0n) is 22.9. The largest absolute Gasteiger partial charge is 0.489 e. The van der Waals surface area contributed by atoms with Gasteiger partial charge in [-0.1, -0.05) is 12.1 Å². The van der Waals surface area contributed by atoms with Gasteiger partial charge in [0.05, 0.1) is 12.5 Å². The summed E-state index contributed by atoms with van der Waals surface area (Å²) < 4.78 is 8.18. The monoisotopic (exact) mass is 552 g/mol. The zero-order chi connectivity index (χ0) is 27.9. The molecule has 2 bridgehead atoms.